The molecule has 0 N–H and O–H groups in total. The van der Waals surface area contributed by atoms with E-state index in [1.165, 1.54) is 0 Å². The molecule has 0 aliphatic carbocycles. The summed E-state index contributed by atoms with van der Waals surface area (Å²) < 4.78 is 4.48. The van der Waals surface area contributed by atoms with Gasteiger partial charge < -0.3 is 4.74 Å². The van der Waals surface area contributed by atoms with E-state index in [4.69, 9.17) is 0 Å². The Balaban J connectivity index is 0. The van der Waals surface area contributed by atoms with Crippen molar-refractivity contribution in [3.05, 3.63) is 0 Å². The second kappa shape index (κ2) is 7.64. The van der Waals surface area contributed by atoms with Crippen LogP contribution in [0.3, 0.4) is 0 Å². The summed E-state index contributed by atoms with van der Waals surface area (Å²) in [4.78, 5) is 10.1. The van der Waals surface area contributed by atoms with Crippen molar-refractivity contribution in [1.82, 2.24) is 0 Å². The summed E-state index contributed by atoms with van der Waals surface area (Å²) in [5.41, 5.74) is 0. The molecule has 0 rings (SSSR count). The van der Waals surface area contributed by atoms with Gasteiger partial charge >= 0.3 is 30.4 Å². The average Bonchev–Trinajstić information content (AvgIpc) is 1.68. The van der Waals surface area contributed by atoms with Gasteiger partial charge in [-0.1, -0.05) is 0 Å². The molecule has 0 aliphatic heterocycles. The van der Waals surface area contributed by atoms with Crippen molar-refractivity contribution in [3.8, 4) is 0 Å². The molecule has 4 heteroatoms. The van der Waals surface area contributed by atoms with Crippen LogP contribution >= 0.6 is 12.6 Å². The van der Waals surface area contributed by atoms with E-state index in [0.717, 1.165) is 0 Å². The fourth-order valence-electron chi connectivity index (χ4n) is 0.207. The van der Waals surface area contributed by atoms with Crippen molar-refractivity contribution < 1.29 is 9.53 Å². The summed E-state index contributed by atoms with van der Waals surface area (Å²) >= 11 is 3.67. The number of rotatable bonds is 2. The Labute approximate surface area is 71.8 Å². The van der Waals surface area contributed by atoms with Crippen LogP contribution in [0.2, 0.25) is 0 Å². The standard InChI is InChI=1S/C4H8O2S.Sb.3H/c1-2-6-4(5)3-7;;;;/h7H,2-3H2,1H3;;;;. The Kier molecular flexibility index (Phi) is 10.9. The van der Waals surface area contributed by atoms with Crippen molar-refractivity contribution in [3.63, 3.8) is 0 Å². The van der Waals surface area contributed by atoms with Crippen LogP contribution in [-0.4, -0.2) is 42.8 Å². The van der Waals surface area contributed by atoms with Gasteiger partial charge in [0.25, 0.3) is 0 Å². The molecule has 50 valence electrons. The second-order valence-electron chi connectivity index (χ2n) is 0.963. The molecule has 0 spiro atoms. The van der Waals surface area contributed by atoms with Crippen molar-refractivity contribution in [2.24, 2.45) is 0 Å². The molecule has 0 saturated carbocycles. The Hall–Kier alpha value is 0.638. The third-order valence-electron chi connectivity index (χ3n) is 0.434. The number of carbonyl (C=O) groups excluding carboxylic acids is 1. The molecular weight excluding hydrogens is 234 g/mol. The predicted octanol–water partition coefficient (Wildman–Crippen LogP) is -0.705. The number of hydrogen-bond donors (Lipinski definition) is 1. The van der Waals surface area contributed by atoms with Crippen molar-refractivity contribution in [2.75, 3.05) is 12.4 Å². The summed E-state index contributed by atoms with van der Waals surface area (Å²) in [5.74, 6) is -0.0840. The third kappa shape index (κ3) is 6.64. The number of thiol groups is 1. The zero-order chi connectivity index (χ0) is 5.70. The first-order valence-electron chi connectivity index (χ1n) is 2.07. The fourth-order valence-corrected chi connectivity index (χ4v) is 0.298. The average molecular weight is 245 g/mol. The molecule has 0 unspecified atom stereocenters. The molecule has 0 aromatic rings. The molecule has 0 radical (unpaired) electrons. The molecule has 0 aromatic carbocycles. The molecular formula is C4H11O2SSb. The van der Waals surface area contributed by atoms with Gasteiger partial charge in [0.05, 0.1) is 12.4 Å². The van der Waals surface area contributed by atoms with E-state index in [1.807, 2.05) is 0 Å². The molecule has 0 amide bonds. The van der Waals surface area contributed by atoms with E-state index < -0.39 is 0 Å². The molecule has 0 bridgehead atoms. The van der Waals surface area contributed by atoms with E-state index in [1.54, 1.807) is 6.92 Å². The number of ether oxygens (including phenoxy) is 1. The Bertz CT molecular complexity index is 67.1. The molecule has 0 aliphatic rings. The Morgan fingerprint density at radius 3 is 2.38 bits per heavy atom. The van der Waals surface area contributed by atoms with Gasteiger partial charge in [-0.3, -0.25) is 4.79 Å². The monoisotopic (exact) mass is 244 g/mol. The van der Waals surface area contributed by atoms with Crippen molar-refractivity contribution in [2.45, 2.75) is 6.92 Å². The molecule has 0 aromatic heterocycles. The first-order chi connectivity index (χ1) is 3.31. The van der Waals surface area contributed by atoms with E-state index in [2.05, 4.69) is 17.4 Å². The molecule has 0 fully saturated rings. The van der Waals surface area contributed by atoms with Crippen LogP contribution in [0.1, 0.15) is 6.92 Å². The van der Waals surface area contributed by atoms with Crippen LogP contribution in [0.5, 0.6) is 0 Å². The van der Waals surface area contributed by atoms with Gasteiger partial charge in [-0.15, -0.1) is 0 Å². The van der Waals surface area contributed by atoms with Gasteiger partial charge in [0, 0.05) is 0 Å². The van der Waals surface area contributed by atoms with Crippen LogP contribution in [0.4, 0.5) is 0 Å². The third-order valence-corrected chi connectivity index (χ3v) is 0.693. The van der Waals surface area contributed by atoms with Crippen molar-refractivity contribution >= 4 is 43.0 Å². The predicted molar refractivity (Wildman–Crippen MR) is 40.4 cm³/mol. The number of carbonyl (C=O) groups is 1. The van der Waals surface area contributed by atoms with Crippen LogP contribution < -0.4 is 0 Å². The molecule has 0 heterocycles. The number of hydrogen-bond acceptors (Lipinski definition) is 3. The maximum absolute atomic E-state index is 10.1. The summed E-state index contributed by atoms with van der Waals surface area (Å²) in [5, 5.41) is 0. The van der Waals surface area contributed by atoms with Gasteiger partial charge in [0.2, 0.25) is 0 Å². The zero-order valence-corrected chi connectivity index (χ0v) is 9.82. The summed E-state index contributed by atoms with van der Waals surface area (Å²) in [6.07, 6.45) is 0. The topological polar surface area (TPSA) is 26.3 Å². The van der Waals surface area contributed by atoms with Gasteiger partial charge in [-0.05, 0) is 6.92 Å². The molecule has 0 atom stereocenters. The van der Waals surface area contributed by atoms with Gasteiger partial charge in [-0.2, -0.15) is 12.6 Å². The first-order valence-corrected chi connectivity index (χ1v) is 2.71. The minimum atomic E-state index is -0.258. The quantitative estimate of drug-likeness (QED) is 0.395. The maximum atomic E-state index is 10.1. The Morgan fingerprint density at radius 1 is 1.75 bits per heavy atom. The molecule has 2 nitrogen and oxygen atoms in total. The normalized spacial score (nSPS) is 7.25. The second-order valence-corrected chi connectivity index (χ2v) is 1.28. The van der Waals surface area contributed by atoms with Gasteiger partial charge in [0.15, 0.2) is 0 Å². The van der Waals surface area contributed by atoms with Crippen molar-refractivity contribution in [1.29, 1.82) is 0 Å². The van der Waals surface area contributed by atoms with E-state index in [9.17, 15) is 4.79 Å². The van der Waals surface area contributed by atoms with Crippen LogP contribution in [0.15, 0.2) is 0 Å². The van der Waals surface area contributed by atoms with Crippen LogP contribution in [-0.2, 0) is 9.53 Å². The van der Waals surface area contributed by atoms with E-state index >= 15 is 0 Å². The molecule has 8 heavy (non-hydrogen) atoms. The minimum absolute atomic E-state index is 0. The summed E-state index contributed by atoms with van der Waals surface area (Å²) in [6.45, 7) is 2.21. The first kappa shape index (κ1) is 11.4. The van der Waals surface area contributed by atoms with Crippen LogP contribution in [0, 0.1) is 0 Å². The van der Waals surface area contributed by atoms with Gasteiger partial charge in [-0.25, -0.2) is 0 Å². The molecule has 0 saturated heterocycles. The van der Waals surface area contributed by atoms with Gasteiger partial charge in [0.1, 0.15) is 0 Å². The van der Waals surface area contributed by atoms with E-state index in [0.29, 0.717) is 6.61 Å². The zero-order valence-electron chi connectivity index (χ0n) is 4.89. The number of esters is 1. The van der Waals surface area contributed by atoms with E-state index in [-0.39, 0.29) is 36.2 Å². The van der Waals surface area contributed by atoms with Crippen LogP contribution in [0.25, 0.3) is 0 Å². The SMILES string of the molecule is CCOC(=O)CS.[SbH3]. The summed E-state index contributed by atoms with van der Waals surface area (Å²) in [7, 11) is 0. The Morgan fingerprint density at radius 2 is 2.25 bits per heavy atom. The fraction of sp³-hybridized carbons (Fsp3) is 0.750. The summed E-state index contributed by atoms with van der Waals surface area (Å²) in [6, 6.07) is 0.